The van der Waals surface area contributed by atoms with E-state index in [4.69, 9.17) is 0 Å². The first-order valence-electron chi connectivity index (χ1n) is 7.59. The Morgan fingerprint density at radius 1 is 0.714 bits per heavy atom. The van der Waals surface area contributed by atoms with Gasteiger partial charge >= 0.3 is 11.8 Å². The Hall–Kier alpha value is -1.63. The highest BCUT2D eigenvalue weighted by Gasteiger charge is 2.31. The molecule has 2 aliphatic heterocycles. The molecule has 7 nitrogen and oxygen atoms in total. The van der Waals surface area contributed by atoms with E-state index in [2.05, 4.69) is 11.8 Å². The van der Waals surface area contributed by atoms with Crippen LogP contribution in [0.1, 0.15) is 13.8 Å². The van der Waals surface area contributed by atoms with Crippen molar-refractivity contribution in [2.75, 3.05) is 58.9 Å². The smallest absolute Gasteiger partial charge is 0.312 e. The van der Waals surface area contributed by atoms with Gasteiger partial charge in [-0.25, -0.2) is 0 Å². The van der Waals surface area contributed by atoms with Crippen molar-refractivity contribution >= 4 is 17.7 Å². The summed E-state index contributed by atoms with van der Waals surface area (Å²) in [6.07, 6.45) is 0. The summed E-state index contributed by atoms with van der Waals surface area (Å²) in [6, 6.07) is 0. The summed E-state index contributed by atoms with van der Waals surface area (Å²) in [7, 11) is 0. The first kappa shape index (κ1) is 15.8. The molecule has 0 aliphatic carbocycles. The molecule has 2 rings (SSSR count). The molecule has 0 N–H and O–H groups in total. The molecule has 0 aromatic rings. The van der Waals surface area contributed by atoms with Crippen molar-refractivity contribution in [3.63, 3.8) is 0 Å². The van der Waals surface area contributed by atoms with Crippen LogP contribution in [0.4, 0.5) is 0 Å². The molecule has 0 aromatic carbocycles. The van der Waals surface area contributed by atoms with Crippen LogP contribution >= 0.6 is 0 Å². The van der Waals surface area contributed by atoms with Gasteiger partial charge in [-0.2, -0.15) is 0 Å². The first-order chi connectivity index (χ1) is 10.0. The number of likely N-dealkylation sites (N-methyl/N-ethyl adjacent to an activating group) is 1. The van der Waals surface area contributed by atoms with Crippen LogP contribution in [0.15, 0.2) is 0 Å². The number of hydrogen-bond acceptors (Lipinski definition) is 4. The van der Waals surface area contributed by atoms with Crippen LogP contribution < -0.4 is 0 Å². The van der Waals surface area contributed by atoms with Crippen LogP contribution in [-0.2, 0) is 14.4 Å². The number of piperazine rings is 2. The van der Waals surface area contributed by atoms with Gasteiger partial charge in [-0.15, -0.1) is 0 Å². The molecule has 118 valence electrons. The molecule has 0 unspecified atom stereocenters. The maximum atomic E-state index is 12.2. The number of amides is 3. The Bertz CT molecular complexity index is 410. The second kappa shape index (κ2) is 6.89. The zero-order valence-corrected chi connectivity index (χ0v) is 12.9. The molecule has 7 heteroatoms. The minimum Gasteiger partial charge on any atom is -0.339 e. The van der Waals surface area contributed by atoms with Crippen LogP contribution in [0.5, 0.6) is 0 Å². The van der Waals surface area contributed by atoms with E-state index in [0.29, 0.717) is 39.3 Å². The second-order valence-electron chi connectivity index (χ2n) is 5.52. The fourth-order valence-corrected chi connectivity index (χ4v) is 2.76. The molecule has 0 saturated carbocycles. The van der Waals surface area contributed by atoms with Crippen molar-refractivity contribution in [1.29, 1.82) is 0 Å². The van der Waals surface area contributed by atoms with E-state index >= 15 is 0 Å². The van der Waals surface area contributed by atoms with E-state index in [1.165, 1.54) is 6.92 Å². The SMILES string of the molecule is CCN1CCN(C(=O)C(=O)N2CCN(C(C)=O)CC2)CC1. The molecule has 2 saturated heterocycles. The Kier molecular flexibility index (Phi) is 5.17. The predicted molar refractivity (Wildman–Crippen MR) is 77.5 cm³/mol. The molecule has 21 heavy (non-hydrogen) atoms. The largest absolute Gasteiger partial charge is 0.339 e. The average Bonchev–Trinajstić information content (AvgIpc) is 2.53. The summed E-state index contributed by atoms with van der Waals surface area (Å²) >= 11 is 0. The third-order valence-electron chi connectivity index (χ3n) is 4.30. The highest BCUT2D eigenvalue weighted by molar-refractivity contribution is 6.34. The molecule has 0 radical (unpaired) electrons. The maximum Gasteiger partial charge on any atom is 0.312 e. The lowest BCUT2D eigenvalue weighted by Crippen LogP contribution is -2.56. The van der Waals surface area contributed by atoms with Gasteiger partial charge in [-0.05, 0) is 6.54 Å². The topological polar surface area (TPSA) is 64.2 Å². The third kappa shape index (κ3) is 3.72. The lowest BCUT2D eigenvalue weighted by molar-refractivity contribution is -0.154. The van der Waals surface area contributed by atoms with Crippen LogP contribution in [0.3, 0.4) is 0 Å². The number of rotatable bonds is 1. The Morgan fingerprint density at radius 2 is 1.10 bits per heavy atom. The van der Waals surface area contributed by atoms with Crippen molar-refractivity contribution in [3.05, 3.63) is 0 Å². The fraction of sp³-hybridized carbons (Fsp3) is 0.786. The Morgan fingerprint density at radius 3 is 1.48 bits per heavy atom. The van der Waals surface area contributed by atoms with Gasteiger partial charge in [-0.3, -0.25) is 14.4 Å². The molecule has 2 aliphatic rings. The minimum absolute atomic E-state index is 0.0177. The lowest BCUT2D eigenvalue weighted by Gasteiger charge is -2.37. The molecule has 0 aromatic heterocycles. The van der Waals surface area contributed by atoms with E-state index < -0.39 is 11.8 Å². The quantitative estimate of drug-likeness (QED) is 0.573. The summed E-state index contributed by atoms with van der Waals surface area (Å²) in [5.74, 6) is -0.811. The Balaban J connectivity index is 1.83. The van der Waals surface area contributed by atoms with E-state index in [-0.39, 0.29) is 5.91 Å². The normalized spacial score (nSPS) is 20.6. The predicted octanol–water partition coefficient (Wildman–Crippen LogP) is -1.16. The van der Waals surface area contributed by atoms with Gasteiger partial charge in [0.1, 0.15) is 0 Å². The average molecular weight is 296 g/mol. The van der Waals surface area contributed by atoms with Crippen LogP contribution in [-0.4, -0.2) is 96.2 Å². The van der Waals surface area contributed by atoms with Gasteiger partial charge in [0.15, 0.2) is 0 Å². The number of nitrogens with zero attached hydrogens (tertiary/aromatic N) is 4. The third-order valence-corrected chi connectivity index (χ3v) is 4.30. The highest BCUT2D eigenvalue weighted by atomic mass is 16.2. The minimum atomic E-state index is -0.428. The van der Waals surface area contributed by atoms with Crippen LogP contribution in [0.25, 0.3) is 0 Å². The van der Waals surface area contributed by atoms with Crippen LogP contribution in [0, 0.1) is 0 Å². The Labute approximate surface area is 125 Å². The van der Waals surface area contributed by atoms with E-state index in [0.717, 1.165) is 19.6 Å². The van der Waals surface area contributed by atoms with Crippen LogP contribution in [0.2, 0.25) is 0 Å². The van der Waals surface area contributed by atoms with Gasteiger partial charge in [0.2, 0.25) is 5.91 Å². The molecular weight excluding hydrogens is 272 g/mol. The number of hydrogen-bond donors (Lipinski definition) is 0. The van der Waals surface area contributed by atoms with Gasteiger partial charge in [0.05, 0.1) is 0 Å². The van der Waals surface area contributed by atoms with Crippen molar-refractivity contribution in [2.45, 2.75) is 13.8 Å². The van der Waals surface area contributed by atoms with E-state index in [1.54, 1.807) is 14.7 Å². The molecule has 0 bridgehead atoms. The fourth-order valence-electron chi connectivity index (χ4n) is 2.76. The molecule has 0 atom stereocenters. The molecule has 2 heterocycles. The summed E-state index contributed by atoms with van der Waals surface area (Å²) in [6.45, 7) is 9.39. The zero-order valence-electron chi connectivity index (χ0n) is 12.9. The molecule has 3 amide bonds. The molecule has 2 fully saturated rings. The first-order valence-corrected chi connectivity index (χ1v) is 7.59. The van der Waals surface area contributed by atoms with Crippen molar-refractivity contribution < 1.29 is 14.4 Å². The second-order valence-corrected chi connectivity index (χ2v) is 5.52. The van der Waals surface area contributed by atoms with Gasteiger partial charge in [0.25, 0.3) is 0 Å². The summed E-state index contributed by atoms with van der Waals surface area (Å²) < 4.78 is 0. The molecule has 0 spiro atoms. The summed E-state index contributed by atoms with van der Waals surface area (Å²) in [4.78, 5) is 42.9. The van der Waals surface area contributed by atoms with Gasteiger partial charge < -0.3 is 19.6 Å². The zero-order chi connectivity index (χ0) is 15.4. The van der Waals surface area contributed by atoms with Crippen molar-refractivity contribution in [2.24, 2.45) is 0 Å². The van der Waals surface area contributed by atoms with Crippen molar-refractivity contribution in [1.82, 2.24) is 19.6 Å². The maximum absolute atomic E-state index is 12.2. The molecular formula is C14H24N4O3. The number of carbonyl (C=O) groups is 3. The van der Waals surface area contributed by atoms with Gasteiger partial charge in [0, 0.05) is 59.3 Å². The van der Waals surface area contributed by atoms with E-state index in [1.807, 2.05) is 0 Å². The standard InChI is InChI=1S/C14H24N4O3/c1-3-15-4-6-17(7-5-15)13(20)14(21)18-10-8-16(9-11-18)12(2)19/h3-11H2,1-2H3. The summed E-state index contributed by atoms with van der Waals surface area (Å²) in [5, 5.41) is 0. The number of carbonyl (C=O) groups excluding carboxylic acids is 3. The lowest BCUT2D eigenvalue weighted by atomic mass is 10.2. The van der Waals surface area contributed by atoms with E-state index in [9.17, 15) is 14.4 Å². The van der Waals surface area contributed by atoms with Crippen molar-refractivity contribution in [3.8, 4) is 0 Å². The van der Waals surface area contributed by atoms with Gasteiger partial charge in [-0.1, -0.05) is 6.92 Å². The monoisotopic (exact) mass is 296 g/mol. The summed E-state index contributed by atoms with van der Waals surface area (Å²) in [5.41, 5.74) is 0. The highest BCUT2D eigenvalue weighted by Crippen LogP contribution is 2.07.